The van der Waals surface area contributed by atoms with Crippen molar-refractivity contribution < 1.29 is 9.90 Å². The summed E-state index contributed by atoms with van der Waals surface area (Å²) in [7, 11) is 0. The molecule has 106 valence electrons. The molecular weight excluding hydrogens is 224 g/mol. The molecule has 0 aliphatic heterocycles. The van der Waals surface area contributed by atoms with Gasteiger partial charge in [0.05, 0.1) is 5.41 Å². The first-order valence-electron chi connectivity index (χ1n) is 7.84. The molecule has 1 rings (SSSR count). The Morgan fingerprint density at radius 1 is 1.11 bits per heavy atom. The fourth-order valence-electron chi connectivity index (χ4n) is 3.32. The van der Waals surface area contributed by atoms with Gasteiger partial charge in [-0.05, 0) is 32.1 Å². The molecule has 0 amide bonds. The van der Waals surface area contributed by atoms with E-state index in [1.54, 1.807) is 0 Å². The number of hydrogen-bond donors (Lipinski definition) is 1. The van der Waals surface area contributed by atoms with Crippen LogP contribution in [0.15, 0.2) is 0 Å². The van der Waals surface area contributed by atoms with Crippen LogP contribution >= 0.6 is 0 Å². The molecule has 2 heteroatoms. The number of aliphatic carboxylic acids is 1. The Labute approximate surface area is 112 Å². The molecule has 1 aliphatic carbocycles. The van der Waals surface area contributed by atoms with Crippen LogP contribution in [0.3, 0.4) is 0 Å². The summed E-state index contributed by atoms with van der Waals surface area (Å²) in [5, 5.41) is 9.53. The van der Waals surface area contributed by atoms with Crippen molar-refractivity contribution in [2.45, 2.75) is 84.5 Å². The monoisotopic (exact) mass is 254 g/mol. The van der Waals surface area contributed by atoms with Gasteiger partial charge in [-0.15, -0.1) is 0 Å². The summed E-state index contributed by atoms with van der Waals surface area (Å²) >= 11 is 0. The molecule has 1 saturated carbocycles. The van der Waals surface area contributed by atoms with Crippen molar-refractivity contribution in [3.63, 3.8) is 0 Å². The Hall–Kier alpha value is -0.530. The van der Waals surface area contributed by atoms with Gasteiger partial charge < -0.3 is 5.11 Å². The van der Waals surface area contributed by atoms with Crippen molar-refractivity contribution in [2.24, 2.45) is 11.3 Å². The molecule has 0 saturated heterocycles. The normalized spacial score (nSPS) is 19.9. The Kier molecular flexibility index (Phi) is 6.73. The van der Waals surface area contributed by atoms with Crippen LogP contribution in [0.5, 0.6) is 0 Å². The maximum Gasteiger partial charge on any atom is 0.309 e. The summed E-state index contributed by atoms with van der Waals surface area (Å²) in [4.78, 5) is 11.6. The molecule has 0 heterocycles. The lowest BCUT2D eigenvalue weighted by Crippen LogP contribution is -2.34. The number of hydrogen-bond acceptors (Lipinski definition) is 1. The second kappa shape index (κ2) is 7.81. The van der Waals surface area contributed by atoms with Gasteiger partial charge in [0.15, 0.2) is 0 Å². The van der Waals surface area contributed by atoms with Gasteiger partial charge in [0.25, 0.3) is 0 Å². The van der Waals surface area contributed by atoms with Gasteiger partial charge in [-0.1, -0.05) is 58.3 Å². The quantitative estimate of drug-likeness (QED) is 0.587. The van der Waals surface area contributed by atoms with Crippen molar-refractivity contribution in [1.29, 1.82) is 0 Å². The molecule has 0 aromatic carbocycles. The van der Waals surface area contributed by atoms with Gasteiger partial charge in [0.1, 0.15) is 0 Å². The second-order valence-corrected chi connectivity index (χ2v) is 6.22. The lowest BCUT2D eigenvalue weighted by Gasteiger charge is -2.31. The van der Waals surface area contributed by atoms with E-state index in [2.05, 4.69) is 6.92 Å². The van der Waals surface area contributed by atoms with Crippen LogP contribution in [-0.2, 0) is 4.79 Å². The third-order valence-corrected chi connectivity index (χ3v) is 4.79. The minimum Gasteiger partial charge on any atom is -0.481 e. The molecule has 0 aromatic rings. The van der Waals surface area contributed by atoms with E-state index < -0.39 is 11.4 Å². The molecule has 1 fully saturated rings. The molecule has 1 atom stereocenters. The van der Waals surface area contributed by atoms with Gasteiger partial charge in [-0.3, -0.25) is 4.79 Å². The number of carboxylic acids is 1. The van der Waals surface area contributed by atoms with Crippen LogP contribution < -0.4 is 0 Å². The standard InChI is InChI=1S/C16H30O2/c1-3-4-5-6-7-10-13-16(2,15(17)18)14-11-8-9-12-14/h14H,3-13H2,1-2H3,(H,17,18). The molecule has 0 aromatic heterocycles. The van der Waals surface area contributed by atoms with Gasteiger partial charge in [-0.2, -0.15) is 0 Å². The molecule has 0 bridgehead atoms. The van der Waals surface area contributed by atoms with E-state index in [0.29, 0.717) is 5.92 Å². The van der Waals surface area contributed by atoms with E-state index >= 15 is 0 Å². The zero-order valence-corrected chi connectivity index (χ0v) is 12.2. The first kappa shape index (κ1) is 15.5. The highest BCUT2D eigenvalue weighted by Crippen LogP contribution is 2.43. The summed E-state index contributed by atoms with van der Waals surface area (Å²) in [5.74, 6) is -0.145. The summed E-state index contributed by atoms with van der Waals surface area (Å²) in [5.41, 5.74) is -0.457. The summed E-state index contributed by atoms with van der Waals surface area (Å²) < 4.78 is 0. The number of rotatable bonds is 9. The minimum absolute atomic E-state index is 0.422. The van der Waals surface area contributed by atoms with Crippen LogP contribution in [0.4, 0.5) is 0 Å². The van der Waals surface area contributed by atoms with E-state index in [4.69, 9.17) is 0 Å². The SMILES string of the molecule is CCCCCCCCC(C)(C(=O)O)C1CCCC1. The first-order chi connectivity index (χ1) is 8.61. The third-order valence-electron chi connectivity index (χ3n) is 4.79. The van der Waals surface area contributed by atoms with Gasteiger partial charge in [-0.25, -0.2) is 0 Å². The van der Waals surface area contributed by atoms with Crippen molar-refractivity contribution >= 4 is 5.97 Å². The Morgan fingerprint density at radius 3 is 2.22 bits per heavy atom. The number of unbranched alkanes of at least 4 members (excludes halogenated alkanes) is 5. The lowest BCUT2D eigenvalue weighted by molar-refractivity contribution is -0.152. The van der Waals surface area contributed by atoms with Gasteiger partial charge in [0.2, 0.25) is 0 Å². The largest absolute Gasteiger partial charge is 0.481 e. The molecule has 1 unspecified atom stereocenters. The van der Waals surface area contributed by atoms with Gasteiger partial charge >= 0.3 is 5.97 Å². The molecule has 0 radical (unpaired) electrons. The molecule has 1 aliphatic rings. The third kappa shape index (κ3) is 4.29. The van der Waals surface area contributed by atoms with E-state index in [9.17, 15) is 9.90 Å². The maximum absolute atomic E-state index is 11.6. The Morgan fingerprint density at radius 2 is 1.67 bits per heavy atom. The van der Waals surface area contributed by atoms with Crippen molar-refractivity contribution in [1.82, 2.24) is 0 Å². The fraction of sp³-hybridized carbons (Fsp3) is 0.938. The average molecular weight is 254 g/mol. The topological polar surface area (TPSA) is 37.3 Å². The van der Waals surface area contributed by atoms with Crippen LogP contribution in [0.2, 0.25) is 0 Å². The Balaban J connectivity index is 2.31. The highest BCUT2D eigenvalue weighted by molar-refractivity contribution is 5.74. The lowest BCUT2D eigenvalue weighted by atomic mass is 9.72. The van der Waals surface area contributed by atoms with Crippen molar-refractivity contribution in [3.05, 3.63) is 0 Å². The highest BCUT2D eigenvalue weighted by Gasteiger charge is 2.41. The zero-order chi connectivity index (χ0) is 13.4. The maximum atomic E-state index is 11.6. The average Bonchev–Trinajstić information content (AvgIpc) is 2.87. The highest BCUT2D eigenvalue weighted by atomic mass is 16.4. The molecular formula is C16H30O2. The molecule has 1 N–H and O–H groups in total. The van der Waals surface area contributed by atoms with Crippen LogP contribution in [0.25, 0.3) is 0 Å². The van der Waals surface area contributed by atoms with Crippen molar-refractivity contribution in [3.8, 4) is 0 Å². The minimum atomic E-state index is -0.567. The molecule has 0 spiro atoms. The van der Waals surface area contributed by atoms with E-state index in [1.807, 2.05) is 6.92 Å². The zero-order valence-electron chi connectivity index (χ0n) is 12.2. The van der Waals surface area contributed by atoms with Crippen LogP contribution in [0.1, 0.15) is 84.5 Å². The number of carboxylic acid groups (broad SMARTS) is 1. The first-order valence-corrected chi connectivity index (χ1v) is 7.84. The van der Waals surface area contributed by atoms with Crippen LogP contribution in [0, 0.1) is 11.3 Å². The summed E-state index contributed by atoms with van der Waals surface area (Å²) in [6.07, 6.45) is 13.0. The molecule has 18 heavy (non-hydrogen) atoms. The van der Waals surface area contributed by atoms with Gasteiger partial charge in [0, 0.05) is 0 Å². The predicted octanol–water partition coefficient (Wildman–Crippen LogP) is 5.02. The summed E-state index contributed by atoms with van der Waals surface area (Å²) in [6.45, 7) is 4.21. The van der Waals surface area contributed by atoms with E-state index in [1.165, 1.54) is 44.9 Å². The Bertz CT molecular complexity index is 243. The van der Waals surface area contributed by atoms with E-state index in [-0.39, 0.29) is 0 Å². The second-order valence-electron chi connectivity index (χ2n) is 6.22. The smallest absolute Gasteiger partial charge is 0.309 e. The summed E-state index contributed by atoms with van der Waals surface area (Å²) in [6, 6.07) is 0. The van der Waals surface area contributed by atoms with Crippen molar-refractivity contribution in [2.75, 3.05) is 0 Å². The molecule has 2 nitrogen and oxygen atoms in total. The number of carbonyl (C=O) groups is 1. The van der Waals surface area contributed by atoms with E-state index in [0.717, 1.165) is 25.7 Å². The van der Waals surface area contributed by atoms with Crippen LogP contribution in [-0.4, -0.2) is 11.1 Å². The predicted molar refractivity (Wildman–Crippen MR) is 75.7 cm³/mol. The fourth-order valence-corrected chi connectivity index (χ4v) is 3.32.